The molecule has 2 fully saturated rings. The molecule has 0 aromatic heterocycles. The molecule has 0 aromatic carbocycles. The van der Waals surface area contributed by atoms with Crippen molar-refractivity contribution >= 4 is 6.09 Å². The van der Waals surface area contributed by atoms with E-state index in [0.29, 0.717) is 0 Å². The van der Waals surface area contributed by atoms with Crippen LogP contribution in [0.25, 0.3) is 0 Å². The van der Waals surface area contributed by atoms with Gasteiger partial charge in [0.2, 0.25) is 0 Å². The Balaban J connectivity index is 1.91. The Morgan fingerprint density at radius 1 is 1.38 bits per heavy atom. The summed E-state index contributed by atoms with van der Waals surface area (Å²) in [7, 11) is 0. The van der Waals surface area contributed by atoms with Crippen molar-refractivity contribution in [3.8, 4) is 0 Å². The van der Waals surface area contributed by atoms with E-state index >= 15 is 0 Å². The van der Waals surface area contributed by atoms with Crippen molar-refractivity contribution in [2.75, 3.05) is 19.6 Å². The first-order valence-corrected chi connectivity index (χ1v) is 6.13. The van der Waals surface area contributed by atoms with E-state index in [0.717, 1.165) is 26.1 Å². The highest BCUT2D eigenvalue weighted by atomic mass is 16.6. The Morgan fingerprint density at radius 2 is 2.06 bits per heavy atom. The van der Waals surface area contributed by atoms with Gasteiger partial charge in [0, 0.05) is 18.6 Å². The number of carbonyl (C=O) groups excluding carboxylic acids is 1. The standard InChI is InChI=1S/C12H22N2O2/c1-11(2,3)16-10(15)14-8-4-5-12(9-14)6-7-13-12/h13H,4-9H2,1-3H3. The van der Waals surface area contributed by atoms with E-state index in [2.05, 4.69) is 5.32 Å². The van der Waals surface area contributed by atoms with Crippen LogP contribution in [0.15, 0.2) is 0 Å². The van der Waals surface area contributed by atoms with Crippen molar-refractivity contribution in [2.24, 2.45) is 0 Å². The van der Waals surface area contributed by atoms with E-state index < -0.39 is 5.60 Å². The van der Waals surface area contributed by atoms with Gasteiger partial charge in [0.05, 0.1) is 0 Å². The van der Waals surface area contributed by atoms with Crippen LogP contribution in [0.1, 0.15) is 40.0 Å². The molecule has 1 unspecified atom stereocenters. The Bertz CT molecular complexity index is 279. The first-order valence-electron chi connectivity index (χ1n) is 6.13. The fraction of sp³-hybridized carbons (Fsp3) is 0.917. The van der Waals surface area contributed by atoms with Crippen LogP contribution in [-0.4, -0.2) is 41.8 Å². The average molecular weight is 226 g/mol. The summed E-state index contributed by atoms with van der Waals surface area (Å²) in [5.74, 6) is 0. The average Bonchev–Trinajstić information content (AvgIpc) is 2.13. The molecular weight excluding hydrogens is 204 g/mol. The lowest BCUT2D eigenvalue weighted by Crippen LogP contribution is -2.65. The highest BCUT2D eigenvalue weighted by Gasteiger charge is 2.42. The molecule has 1 spiro atoms. The minimum absolute atomic E-state index is 0.166. The van der Waals surface area contributed by atoms with E-state index in [-0.39, 0.29) is 11.6 Å². The Hall–Kier alpha value is -0.770. The summed E-state index contributed by atoms with van der Waals surface area (Å²) < 4.78 is 5.40. The quantitative estimate of drug-likeness (QED) is 0.684. The van der Waals surface area contributed by atoms with Crippen LogP contribution >= 0.6 is 0 Å². The largest absolute Gasteiger partial charge is 0.444 e. The molecule has 1 atom stereocenters. The molecule has 92 valence electrons. The number of likely N-dealkylation sites (tertiary alicyclic amines) is 1. The second kappa shape index (κ2) is 3.91. The molecule has 2 aliphatic rings. The van der Waals surface area contributed by atoms with E-state index in [1.54, 1.807) is 0 Å². The SMILES string of the molecule is CC(C)(C)OC(=O)N1CCCC2(CCN2)C1. The van der Waals surface area contributed by atoms with Gasteiger partial charge in [-0.15, -0.1) is 0 Å². The first kappa shape index (κ1) is 11.7. The molecule has 0 aliphatic carbocycles. The second-order valence-electron chi connectivity index (χ2n) is 5.96. The number of rotatable bonds is 0. The van der Waals surface area contributed by atoms with Crippen molar-refractivity contribution in [1.82, 2.24) is 10.2 Å². The van der Waals surface area contributed by atoms with E-state index in [1.807, 2.05) is 25.7 Å². The third kappa shape index (κ3) is 2.48. The van der Waals surface area contributed by atoms with Gasteiger partial charge in [-0.3, -0.25) is 0 Å². The van der Waals surface area contributed by atoms with Crippen LogP contribution in [0, 0.1) is 0 Å². The summed E-state index contributed by atoms with van der Waals surface area (Å²) in [5.41, 5.74) is -0.191. The number of ether oxygens (including phenoxy) is 1. The molecule has 2 aliphatic heterocycles. The summed E-state index contributed by atoms with van der Waals surface area (Å²) in [4.78, 5) is 13.8. The molecule has 2 rings (SSSR count). The van der Waals surface area contributed by atoms with E-state index in [4.69, 9.17) is 4.74 Å². The summed E-state index contributed by atoms with van der Waals surface area (Å²) in [6, 6.07) is 0. The number of nitrogens with zero attached hydrogens (tertiary/aromatic N) is 1. The van der Waals surface area contributed by atoms with E-state index in [1.165, 1.54) is 12.8 Å². The molecular formula is C12H22N2O2. The lowest BCUT2D eigenvalue weighted by atomic mass is 9.80. The van der Waals surface area contributed by atoms with E-state index in [9.17, 15) is 4.79 Å². The third-order valence-corrected chi connectivity index (χ3v) is 3.33. The molecule has 0 saturated carbocycles. The molecule has 2 saturated heterocycles. The van der Waals surface area contributed by atoms with Crippen LogP contribution in [0.5, 0.6) is 0 Å². The minimum atomic E-state index is -0.394. The van der Waals surface area contributed by atoms with Crippen molar-refractivity contribution < 1.29 is 9.53 Å². The second-order valence-corrected chi connectivity index (χ2v) is 5.96. The van der Waals surface area contributed by atoms with Gasteiger partial charge in [0.15, 0.2) is 0 Å². The van der Waals surface area contributed by atoms with Gasteiger partial charge in [0.1, 0.15) is 5.60 Å². The molecule has 16 heavy (non-hydrogen) atoms. The molecule has 0 bridgehead atoms. The van der Waals surface area contributed by atoms with Crippen LogP contribution in [0.3, 0.4) is 0 Å². The molecule has 0 aromatic rings. The normalized spacial score (nSPS) is 30.1. The molecule has 4 nitrogen and oxygen atoms in total. The fourth-order valence-corrected chi connectivity index (χ4v) is 2.44. The number of hydrogen-bond donors (Lipinski definition) is 1. The predicted molar refractivity (Wildman–Crippen MR) is 62.4 cm³/mol. The smallest absolute Gasteiger partial charge is 0.410 e. The zero-order valence-electron chi connectivity index (χ0n) is 10.5. The minimum Gasteiger partial charge on any atom is -0.444 e. The molecule has 1 N–H and O–H groups in total. The van der Waals surface area contributed by atoms with Crippen molar-refractivity contribution in [2.45, 2.75) is 51.2 Å². The predicted octanol–water partition coefficient (Wildman–Crippen LogP) is 1.75. The monoisotopic (exact) mass is 226 g/mol. The molecule has 1 amide bonds. The number of carbonyl (C=O) groups is 1. The van der Waals surface area contributed by atoms with Gasteiger partial charge in [0.25, 0.3) is 0 Å². The molecule has 4 heteroatoms. The summed E-state index contributed by atoms with van der Waals surface area (Å²) in [5, 5.41) is 3.46. The van der Waals surface area contributed by atoms with Gasteiger partial charge in [-0.1, -0.05) is 0 Å². The summed E-state index contributed by atoms with van der Waals surface area (Å²) in [6.45, 7) is 8.45. The summed E-state index contributed by atoms with van der Waals surface area (Å²) >= 11 is 0. The molecule has 2 heterocycles. The van der Waals surface area contributed by atoms with Crippen molar-refractivity contribution in [3.05, 3.63) is 0 Å². The van der Waals surface area contributed by atoms with Crippen molar-refractivity contribution in [3.63, 3.8) is 0 Å². The lowest BCUT2D eigenvalue weighted by molar-refractivity contribution is 0.00240. The Kier molecular flexibility index (Phi) is 2.86. The van der Waals surface area contributed by atoms with Crippen molar-refractivity contribution in [1.29, 1.82) is 0 Å². The van der Waals surface area contributed by atoms with Crippen LogP contribution in [0.2, 0.25) is 0 Å². The fourth-order valence-electron chi connectivity index (χ4n) is 2.44. The Labute approximate surface area is 97.3 Å². The lowest BCUT2D eigenvalue weighted by Gasteiger charge is -2.49. The van der Waals surface area contributed by atoms with Gasteiger partial charge in [-0.25, -0.2) is 4.79 Å². The summed E-state index contributed by atoms with van der Waals surface area (Å²) in [6.07, 6.45) is 3.28. The van der Waals surface area contributed by atoms with Crippen LogP contribution in [-0.2, 0) is 4.74 Å². The maximum absolute atomic E-state index is 11.9. The van der Waals surface area contributed by atoms with Gasteiger partial charge in [-0.2, -0.15) is 0 Å². The zero-order chi connectivity index (χ0) is 11.8. The zero-order valence-corrected chi connectivity index (χ0v) is 10.5. The maximum Gasteiger partial charge on any atom is 0.410 e. The number of amides is 1. The van der Waals surface area contributed by atoms with Gasteiger partial charge < -0.3 is 15.0 Å². The van der Waals surface area contributed by atoms with Gasteiger partial charge in [-0.05, 0) is 46.6 Å². The number of nitrogens with one attached hydrogen (secondary N) is 1. The highest BCUT2D eigenvalue weighted by molar-refractivity contribution is 5.68. The first-order chi connectivity index (χ1) is 7.40. The third-order valence-electron chi connectivity index (χ3n) is 3.33. The topological polar surface area (TPSA) is 41.6 Å². The van der Waals surface area contributed by atoms with Gasteiger partial charge >= 0.3 is 6.09 Å². The molecule has 0 radical (unpaired) electrons. The highest BCUT2D eigenvalue weighted by Crippen LogP contribution is 2.30. The Morgan fingerprint density at radius 3 is 2.56 bits per heavy atom. The number of hydrogen-bond acceptors (Lipinski definition) is 3. The maximum atomic E-state index is 11.9. The van der Waals surface area contributed by atoms with Crippen LogP contribution in [0.4, 0.5) is 4.79 Å². The van der Waals surface area contributed by atoms with Crippen LogP contribution < -0.4 is 5.32 Å². The number of piperidine rings is 1.